The highest BCUT2D eigenvalue weighted by molar-refractivity contribution is 5.93. The lowest BCUT2D eigenvalue weighted by atomic mass is 10.4. The Morgan fingerprint density at radius 2 is 1.75 bits per heavy atom. The van der Waals surface area contributed by atoms with E-state index in [1.807, 2.05) is 0 Å². The summed E-state index contributed by atoms with van der Waals surface area (Å²) in [7, 11) is 0. The monoisotopic (exact) mass is 174 g/mol. The second-order valence-corrected chi connectivity index (χ2v) is 1.82. The van der Waals surface area contributed by atoms with Crippen LogP contribution in [0.15, 0.2) is 0 Å². The first-order chi connectivity index (χ1) is 5.63. The molecule has 0 saturated heterocycles. The van der Waals surface area contributed by atoms with Crippen LogP contribution in [0.2, 0.25) is 0 Å². The minimum atomic E-state index is -1.33. The van der Waals surface area contributed by atoms with E-state index in [0.717, 1.165) is 0 Å². The Morgan fingerprint density at radius 1 is 1.25 bits per heavy atom. The molecule has 0 atom stereocenters. The average molecular weight is 174 g/mol. The van der Waals surface area contributed by atoms with Gasteiger partial charge < -0.3 is 5.73 Å². The van der Waals surface area contributed by atoms with Gasteiger partial charge in [0.1, 0.15) is 0 Å². The molecule has 0 saturated carbocycles. The topological polar surface area (TPSA) is 81.8 Å². The van der Waals surface area contributed by atoms with Crippen molar-refractivity contribution in [2.45, 2.75) is 0 Å². The van der Waals surface area contributed by atoms with Crippen molar-refractivity contribution in [3.05, 3.63) is 18.0 Å². The Hall–Kier alpha value is -1.50. The van der Waals surface area contributed by atoms with Crippen LogP contribution in [0.1, 0.15) is 10.6 Å². The first kappa shape index (κ1) is 8.60. The standard InChI is InChI=1S/C5H4F2N4O/c6-4-9-3(2(12)1-8)10-5(7)11-4/h1,8H2. The first-order valence-corrected chi connectivity index (χ1v) is 2.94. The van der Waals surface area contributed by atoms with Crippen LogP contribution in [0.4, 0.5) is 8.78 Å². The number of ketones is 1. The van der Waals surface area contributed by atoms with Crippen LogP contribution in [0.3, 0.4) is 0 Å². The third-order valence-corrected chi connectivity index (χ3v) is 1.02. The van der Waals surface area contributed by atoms with Gasteiger partial charge in [0.25, 0.3) is 0 Å². The summed E-state index contributed by atoms with van der Waals surface area (Å²) in [5.74, 6) is -1.34. The molecular weight excluding hydrogens is 170 g/mol. The highest BCUT2D eigenvalue weighted by atomic mass is 19.1. The highest BCUT2D eigenvalue weighted by Gasteiger charge is 2.11. The van der Waals surface area contributed by atoms with Crippen molar-refractivity contribution in [1.29, 1.82) is 0 Å². The van der Waals surface area contributed by atoms with Crippen LogP contribution in [-0.4, -0.2) is 27.3 Å². The fraction of sp³-hybridized carbons (Fsp3) is 0.200. The highest BCUT2D eigenvalue weighted by Crippen LogP contribution is 1.93. The van der Waals surface area contributed by atoms with Gasteiger partial charge in [0, 0.05) is 0 Å². The number of carbonyl (C=O) groups is 1. The molecule has 5 nitrogen and oxygen atoms in total. The van der Waals surface area contributed by atoms with E-state index in [2.05, 4.69) is 15.0 Å². The van der Waals surface area contributed by atoms with Gasteiger partial charge in [-0.15, -0.1) is 0 Å². The molecule has 64 valence electrons. The quantitative estimate of drug-likeness (QED) is 0.599. The van der Waals surface area contributed by atoms with Crippen LogP contribution in [-0.2, 0) is 0 Å². The molecule has 7 heteroatoms. The smallest absolute Gasteiger partial charge is 0.314 e. The molecule has 1 heterocycles. The summed E-state index contributed by atoms with van der Waals surface area (Å²) in [4.78, 5) is 19.2. The lowest BCUT2D eigenvalue weighted by Crippen LogP contribution is -2.18. The van der Waals surface area contributed by atoms with E-state index in [9.17, 15) is 13.6 Å². The van der Waals surface area contributed by atoms with Gasteiger partial charge in [0.15, 0.2) is 0 Å². The third-order valence-electron chi connectivity index (χ3n) is 1.02. The van der Waals surface area contributed by atoms with Crippen LogP contribution in [0, 0.1) is 12.2 Å². The maximum atomic E-state index is 12.2. The van der Waals surface area contributed by atoms with Crippen molar-refractivity contribution >= 4 is 5.78 Å². The molecule has 0 bridgehead atoms. The largest absolute Gasteiger partial charge is 0.324 e. The van der Waals surface area contributed by atoms with Gasteiger partial charge >= 0.3 is 12.2 Å². The fourth-order valence-electron chi connectivity index (χ4n) is 0.542. The van der Waals surface area contributed by atoms with Crippen molar-refractivity contribution in [3.63, 3.8) is 0 Å². The number of aromatic nitrogens is 3. The molecule has 0 spiro atoms. The summed E-state index contributed by atoms with van der Waals surface area (Å²) in [5, 5.41) is 0. The Balaban J connectivity index is 3.08. The number of hydrogen-bond acceptors (Lipinski definition) is 5. The summed E-state index contributed by atoms with van der Waals surface area (Å²) >= 11 is 0. The maximum absolute atomic E-state index is 12.2. The molecule has 1 aromatic rings. The van der Waals surface area contributed by atoms with E-state index in [1.54, 1.807) is 0 Å². The number of carbonyl (C=O) groups excluding carboxylic acids is 1. The number of halogens is 2. The van der Waals surface area contributed by atoms with E-state index < -0.39 is 30.3 Å². The molecule has 0 fully saturated rings. The average Bonchev–Trinajstić information content (AvgIpc) is 2.01. The normalized spacial score (nSPS) is 9.92. The summed E-state index contributed by atoms with van der Waals surface area (Å²) in [6.45, 7) is -0.400. The second-order valence-electron chi connectivity index (χ2n) is 1.82. The van der Waals surface area contributed by atoms with Gasteiger partial charge in [-0.3, -0.25) is 4.79 Å². The van der Waals surface area contributed by atoms with Gasteiger partial charge in [0.2, 0.25) is 11.6 Å². The molecule has 0 aliphatic carbocycles. The van der Waals surface area contributed by atoms with Crippen molar-refractivity contribution in [1.82, 2.24) is 15.0 Å². The van der Waals surface area contributed by atoms with Crippen molar-refractivity contribution < 1.29 is 13.6 Å². The fourth-order valence-corrected chi connectivity index (χ4v) is 0.542. The molecule has 12 heavy (non-hydrogen) atoms. The summed E-state index contributed by atoms with van der Waals surface area (Å²) in [6, 6.07) is 0. The minimum Gasteiger partial charge on any atom is -0.324 e. The zero-order valence-corrected chi connectivity index (χ0v) is 5.79. The first-order valence-electron chi connectivity index (χ1n) is 2.94. The predicted molar refractivity (Wildman–Crippen MR) is 33.1 cm³/mol. The van der Waals surface area contributed by atoms with E-state index >= 15 is 0 Å². The summed E-state index contributed by atoms with van der Waals surface area (Å²) in [5.41, 5.74) is 4.91. The van der Waals surface area contributed by atoms with Gasteiger partial charge in [-0.05, 0) is 0 Å². The van der Waals surface area contributed by atoms with Crippen LogP contribution in [0.25, 0.3) is 0 Å². The van der Waals surface area contributed by atoms with Crippen LogP contribution >= 0.6 is 0 Å². The third kappa shape index (κ3) is 1.76. The summed E-state index contributed by atoms with van der Waals surface area (Å²) < 4.78 is 24.5. The molecular formula is C5H4F2N4O. The predicted octanol–water partition coefficient (Wildman–Crippen LogP) is -0.709. The Bertz CT molecular complexity index is 296. The number of rotatable bonds is 2. The SMILES string of the molecule is NCC(=O)c1nc(F)nc(F)n1. The molecule has 0 aliphatic rings. The maximum Gasteiger partial charge on any atom is 0.314 e. The number of Topliss-reactive ketones (excluding diaryl/α,β-unsaturated/α-hetero) is 1. The molecule has 0 radical (unpaired) electrons. The molecule has 0 aliphatic heterocycles. The van der Waals surface area contributed by atoms with E-state index in [1.165, 1.54) is 0 Å². The molecule has 1 aromatic heterocycles. The van der Waals surface area contributed by atoms with Crippen molar-refractivity contribution in [3.8, 4) is 0 Å². The Labute approximate surface area is 65.7 Å². The van der Waals surface area contributed by atoms with E-state index in [-0.39, 0.29) is 0 Å². The Kier molecular flexibility index (Phi) is 2.34. The molecule has 0 amide bonds. The second kappa shape index (κ2) is 3.26. The summed E-state index contributed by atoms with van der Waals surface area (Å²) in [6.07, 6.45) is -2.67. The lowest BCUT2D eigenvalue weighted by Gasteiger charge is -1.94. The molecule has 2 N–H and O–H groups in total. The lowest BCUT2D eigenvalue weighted by molar-refractivity contribution is 0.0987. The Morgan fingerprint density at radius 3 is 2.17 bits per heavy atom. The van der Waals surface area contributed by atoms with Crippen molar-refractivity contribution in [2.24, 2.45) is 5.73 Å². The molecule has 0 unspecified atom stereocenters. The minimum absolute atomic E-state index is 0.400. The molecule has 1 rings (SSSR count). The van der Waals surface area contributed by atoms with Gasteiger partial charge in [-0.25, -0.2) is 0 Å². The van der Waals surface area contributed by atoms with Gasteiger partial charge in [-0.1, -0.05) is 0 Å². The number of hydrogen-bond donors (Lipinski definition) is 1. The van der Waals surface area contributed by atoms with Gasteiger partial charge in [0.05, 0.1) is 6.54 Å². The van der Waals surface area contributed by atoms with E-state index in [4.69, 9.17) is 5.73 Å². The molecule has 0 aromatic carbocycles. The zero-order chi connectivity index (χ0) is 9.14. The van der Waals surface area contributed by atoms with Gasteiger partial charge in [-0.2, -0.15) is 23.7 Å². The number of nitrogens with zero attached hydrogens (tertiary/aromatic N) is 3. The van der Waals surface area contributed by atoms with Crippen LogP contribution in [0.5, 0.6) is 0 Å². The van der Waals surface area contributed by atoms with Crippen LogP contribution < -0.4 is 5.73 Å². The zero-order valence-electron chi connectivity index (χ0n) is 5.79. The van der Waals surface area contributed by atoms with E-state index in [0.29, 0.717) is 0 Å². The number of nitrogens with two attached hydrogens (primary N) is 1. The van der Waals surface area contributed by atoms with Crippen molar-refractivity contribution in [2.75, 3.05) is 6.54 Å².